The van der Waals surface area contributed by atoms with E-state index in [4.69, 9.17) is 4.99 Å². The second-order valence-electron chi connectivity index (χ2n) is 7.31. The summed E-state index contributed by atoms with van der Waals surface area (Å²) in [6.45, 7) is 13.6. The van der Waals surface area contributed by atoms with E-state index in [1.165, 1.54) is 37.2 Å². The Hall–Kier alpha value is -1.75. The van der Waals surface area contributed by atoms with E-state index in [9.17, 15) is 0 Å². The van der Waals surface area contributed by atoms with Gasteiger partial charge < -0.3 is 20.4 Å². The van der Waals surface area contributed by atoms with E-state index in [0.29, 0.717) is 0 Å². The van der Waals surface area contributed by atoms with Crippen LogP contribution >= 0.6 is 0 Å². The van der Waals surface area contributed by atoms with Crippen LogP contribution in [0.5, 0.6) is 0 Å². The SMILES string of the molecule is CCNC(=NCC1CCN(C)CC1)NCCN(CC)c1cccc(C)c1. The van der Waals surface area contributed by atoms with Crippen LogP contribution in [0.2, 0.25) is 0 Å². The number of nitrogens with zero attached hydrogens (tertiary/aromatic N) is 3. The standard InChI is InChI=1S/C21H37N5/c1-5-22-21(24-17-19-10-13-25(4)14-11-19)23-12-15-26(6-2)20-9-7-8-18(3)16-20/h7-9,16,19H,5-6,10-15,17H2,1-4H3,(H2,22,23,24). The largest absolute Gasteiger partial charge is 0.370 e. The summed E-state index contributed by atoms with van der Waals surface area (Å²) >= 11 is 0. The molecule has 0 aromatic heterocycles. The Kier molecular flexibility index (Phi) is 8.75. The molecule has 0 amide bonds. The first-order valence-electron chi connectivity index (χ1n) is 10.1. The van der Waals surface area contributed by atoms with Crippen molar-refractivity contribution in [1.29, 1.82) is 0 Å². The highest BCUT2D eigenvalue weighted by molar-refractivity contribution is 5.79. The van der Waals surface area contributed by atoms with Gasteiger partial charge in [0.2, 0.25) is 0 Å². The number of hydrogen-bond acceptors (Lipinski definition) is 3. The first-order chi connectivity index (χ1) is 12.6. The summed E-state index contributed by atoms with van der Waals surface area (Å²) < 4.78 is 0. The van der Waals surface area contributed by atoms with Gasteiger partial charge in [-0.15, -0.1) is 0 Å². The molecule has 0 bridgehead atoms. The van der Waals surface area contributed by atoms with E-state index in [1.54, 1.807) is 0 Å². The molecule has 1 aromatic carbocycles. The Bertz CT molecular complexity index is 549. The van der Waals surface area contributed by atoms with E-state index < -0.39 is 0 Å². The van der Waals surface area contributed by atoms with Gasteiger partial charge in [-0.3, -0.25) is 4.99 Å². The minimum absolute atomic E-state index is 0.723. The molecule has 0 spiro atoms. The van der Waals surface area contributed by atoms with E-state index in [0.717, 1.165) is 44.6 Å². The van der Waals surface area contributed by atoms with Crippen molar-refractivity contribution in [1.82, 2.24) is 15.5 Å². The Labute approximate surface area is 159 Å². The van der Waals surface area contributed by atoms with Gasteiger partial charge in [0, 0.05) is 38.4 Å². The monoisotopic (exact) mass is 359 g/mol. The smallest absolute Gasteiger partial charge is 0.191 e. The van der Waals surface area contributed by atoms with Crippen molar-refractivity contribution in [2.24, 2.45) is 10.9 Å². The predicted octanol–water partition coefficient (Wildman–Crippen LogP) is 2.72. The van der Waals surface area contributed by atoms with Crippen LogP contribution < -0.4 is 15.5 Å². The third-order valence-corrected chi connectivity index (χ3v) is 5.11. The summed E-state index contributed by atoms with van der Waals surface area (Å²) in [5.74, 6) is 1.67. The molecule has 146 valence electrons. The molecule has 0 aliphatic carbocycles. The lowest BCUT2D eigenvalue weighted by Gasteiger charge is -2.28. The van der Waals surface area contributed by atoms with Crippen LogP contribution in [-0.2, 0) is 0 Å². The van der Waals surface area contributed by atoms with Gasteiger partial charge in [-0.05, 0) is 77.4 Å². The Morgan fingerprint density at radius 1 is 1.23 bits per heavy atom. The number of piperidine rings is 1. The Balaban J connectivity index is 1.82. The molecule has 2 N–H and O–H groups in total. The van der Waals surface area contributed by atoms with Gasteiger partial charge in [-0.2, -0.15) is 0 Å². The lowest BCUT2D eigenvalue weighted by molar-refractivity contribution is 0.223. The minimum atomic E-state index is 0.723. The number of aryl methyl sites for hydroxylation is 1. The van der Waals surface area contributed by atoms with Crippen LogP contribution in [-0.4, -0.2) is 63.7 Å². The van der Waals surface area contributed by atoms with E-state index >= 15 is 0 Å². The highest BCUT2D eigenvalue weighted by Crippen LogP contribution is 2.16. The Morgan fingerprint density at radius 2 is 2.00 bits per heavy atom. The van der Waals surface area contributed by atoms with Gasteiger partial charge in [0.1, 0.15) is 0 Å². The van der Waals surface area contributed by atoms with Crippen LogP contribution in [0.25, 0.3) is 0 Å². The molecule has 1 fully saturated rings. The van der Waals surface area contributed by atoms with Crippen LogP contribution in [0.3, 0.4) is 0 Å². The molecule has 0 saturated carbocycles. The number of nitrogens with one attached hydrogen (secondary N) is 2. The van der Waals surface area contributed by atoms with Gasteiger partial charge in [0.05, 0.1) is 0 Å². The molecule has 5 nitrogen and oxygen atoms in total. The zero-order chi connectivity index (χ0) is 18.8. The summed E-state index contributed by atoms with van der Waals surface area (Å²) in [5, 5.41) is 6.89. The van der Waals surface area contributed by atoms with Crippen molar-refractivity contribution in [3.63, 3.8) is 0 Å². The van der Waals surface area contributed by atoms with Gasteiger partial charge in [0.25, 0.3) is 0 Å². The predicted molar refractivity (Wildman–Crippen MR) is 113 cm³/mol. The van der Waals surface area contributed by atoms with Crippen molar-refractivity contribution < 1.29 is 0 Å². The maximum absolute atomic E-state index is 4.83. The first kappa shape index (κ1) is 20.6. The van der Waals surface area contributed by atoms with Crippen molar-refractivity contribution in [2.45, 2.75) is 33.6 Å². The normalized spacial score (nSPS) is 16.5. The van der Waals surface area contributed by atoms with E-state index in [2.05, 4.69) is 72.5 Å². The number of guanidine groups is 1. The summed E-state index contributed by atoms with van der Waals surface area (Å²) in [6, 6.07) is 8.72. The third-order valence-electron chi connectivity index (χ3n) is 5.11. The summed E-state index contributed by atoms with van der Waals surface area (Å²) in [7, 11) is 2.21. The third kappa shape index (κ3) is 6.87. The molecule has 2 rings (SSSR count). The molecule has 0 unspecified atom stereocenters. The van der Waals surface area contributed by atoms with Crippen LogP contribution in [0.4, 0.5) is 5.69 Å². The number of anilines is 1. The number of hydrogen-bond donors (Lipinski definition) is 2. The van der Waals surface area contributed by atoms with Crippen LogP contribution in [0.15, 0.2) is 29.3 Å². The van der Waals surface area contributed by atoms with Crippen molar-refractivity contribution in [2.75, 3.05) is 57.8 Å². The van der Waals surface area contributed by atoms with Crippen molar-refractivity contribution >= 4 is 11.6 Å². The minimum Gasteiger partial charge on any atom is -0.370 e. The number of aliphatic imine (C=N–C) groups is 1. The maximum atomic E-state index is 4.83. The molecule has 5 heteroatoms. The molecule has 1 heterocycles. The van der Waals surface area contributed by atoms with Gasteiger partial charge in [-0.1, -0.05) is 12.1 Å². The summed E-state index contributed by atoms with van der Waals surface area (Å²) in [6.07, 6.45) is 2.52. The average molecular weight is 360 g/mol. The lowest BCUT2D eigenvalue weighted by atomic mass is 9.97. The van der Waals surface area contributed by atoms with Gasteiger partial charge >= 0.3 is 0 Å². The van der Waals surface area contributed by atoms with Crippen LogP contribution in [0.1, 0.15) is 32.3 Å². The molecule has 0 radical (unpaired) electrons. The Morgan fingerprint density at radius 3 is 2.65 bits per heavy atom. The molecule has 1 aliphatic heterocycles. The van der Waals surface area contributed by atoms with Crippen molar-refractivity contribution in [3.8, 4) is 0 Å². The quantitative estimate of drug-likeness (QED) is 0.553. The van der Waals surface area contributed by atoms with Crippen LogP contribution in [0, 0.1) is 12.8 Å². The number of likely N-dealkylation sites (tertiary alicyclic amines) is 1. The van der Waals surface area contributed by atoms with Crippen molar-refractivity contribution in [3.05, 3.63) is 29.8 Å². The maximum Gasteiger partial charge on any atom is 0.191 e. The molecule has 26 heavy (non-hydrogen) atoms. The van der Waals surface area contributed by atoms with Gasteiger partial charge in [0.15, 0.2) is 5.96 Å². The van der Waals surface area contributed by atoms with Gasteiger partial charge in [-0.25, -0.2) is 0 Å². The first-order valence-corrected chi connectivity index (χ1v) is 10.1. The number of likely N-dealkylation sites (N-methyl/N-ethyl adjacent to an activating group) is 1. The second-order valence-corrected chi connectivity index (χ2v) is 7.31. The fraction of sp³-hybridized carbons (Fsp3) is 0.667. The highest BCUT2D eigenvalue weighted by Gasteiger charge is 2.16. The lowest BCUT2D eigenvalue weighted by Crippen LogP contribution is -2.42. The van der Waals surface area contributed by atoms with E-state index in [1.807, 2.05) is 0 Å². The molecular weight excluding hydrogens is 322 g/mol. The number of benzene rings is 1. The molecule has 0 atom stereocenters. The highest BCUT2D eigenvalue weighted by atomic mass is 15.2. The summed E-state index contributed by atoms with van der Waals surface area (Å²) in [4.78, 5) is 9.64. The average Bonchev–Trinajstić information content (AvgIpc) is 2.64. The van der Waals surface area contributed by atoms with E-state index in [-0.39, 0.29) is 0 Å². The molecule has 1 aromatic rings. The fourth-order valence-electron chi connectivity index (χ4n) is 3.41. The zero-order valence-electron chi connectivity index (χ0n) is 17.1. The molecule has 1 saturated heterocycles. The summed E-state index contributed by atoms with van der Waals surface area (Å²) in [5.41, 5.74) is 2.60. The molecule has 1 aliphatic rings. The topological polar surface area (TPSA) is 42.9 Å². The second kappa shape index (κ2) is 11.1. The molecular formula is C21H37N5. The zero-order valence-corrected chi connectivity index (χ0v) is 17.1. The fourth-order valence-corrected chi connectivity index (χ4v) is 3.41. The number of rotatable bonds is 8.